The summed E-state index contributed by atoms with van der Waals surface area (Å²) >= 11 is 3.56. The lowest BCUT2D eigenvalue weighted by Crippen LogP contribution is -2.30. The molecule has 3 heterocycles. The summed E-state index contributed by atoms with van der Waals surface area (Å²) in [5.41, 5.74) is 4.16. The van der Waals surface area contributed by atoms with Crippen molar-refractivity contribution in [2.45, 2.75) is 32.1 Å². The minimum Gasteiger partial charge on any atom is -0.303 e. The summed E-state index contributed by atoms with van der Waals surface area (Å²) < 4.78 is 0. The molecule has 3 heteroatoms. The largest absolute Gasteiger partial charge is 0.303 e. The van der Waals surface area contributed by atoms with Gasteiger partial charge in [-0.2, -0.15) is 22.7 Å². The fourth-order valence-electron chi connectivity index (χ4n) is 2.98. The zero-order chi connectivity index (χ0) is 14.3. The van der Waals surface area contributed by atoms with Crippen LogP contribution < -0.4 is 0 Å². The van der Waals surface area contributed by atoms with Crippen LogP contribution in [0.1, 0.15) is 43.2 Å². The van der Waals surface area contributed by atoms with Crippen molar-refractivity contribution in [1.29, 1.82) is 0 Å². The fraction of sp³-hybridized carbons (Fsp3) is 0.444. The first-order valence-electron chi connectivity index (χ1n) is 7.91. The molecule has 2 aromatic rings. The van der Waals surface area contributed by atoms with E-state index in [1.54, 1.807) is 22.7 Å². The van der Waals surface area contributed by atoms with Crippen molar-refractivity contribution in [1.82, 2.24) is 4.90 Å². The number of allylic oxidation sites excluding steroid dienone is 1. The number of nitrogens with zero attached hydrogens (tertiary/aromatic N) is 1. The van der Waals surface area contributed by atoms with E-state index in [1.165, 1.54) is 68.4 Å². The molecule has 0 spiro atoms. The van der Waals surface area contributed by atoms with E-state index in [-0.39, 0.29) is 0 Å². The van der Waals surface area contributed by atoms with E-state index in [1.807, 2.05) is 0 Å². The van der Waals surface area contributed by atoms with E-state index < -0.39 is 0 Å². The second kappa shape index (κ2) is 7.92. The SMILES string of the molecule is C(CCCN1CCCCC1)=C(c1ccsc1)c1ccsc1. The van der Waals surface area contributed by atoms with Crippen LogP contribution in [0.15, 0.2) is 39.7 Å². The minimum absolute atomic E-state index is 1.18. The Balaban J connectivity index is 1.58. The van der Waals surface area contributed by atoms with E-state index in [0.717, 1.165) is 0 Å². The molecule has 0 aliphatic carbocycles. The summed E-state index contributed by atoms with van der Waals surface area (Å²) in [6.45, 7) is 3.88. The van der Waals surface area contributed by atoms with Crippen molar-refractivity contribution < 1.29 is 0 Å². The Kier molecular flexibility index (Phi) is 5.67. The van der Waals surface area contributed by atoms with Gasteiger partial charge >= 0.3 is 0 Å². The Labute approximate surface area is 135 Å². The molecule has 3 rings (SSSR count). The lowest BCUT2D eigenvalue weighted by atomic mass is 10.0. The Morgan fingerprint density at radius 2 is 1.67 bits per heavy atom. The predicted octanol–water partition coefficient (Wildman–Crippen LogP) is 5.51. The molecule has 1 nitrogen and oxygen atoms in total. The molecular formula is C18H23NS2. The quantitative estimate of drug-likeness (QED) is 0.635. The molecule has 0 amide bonds. The van der Waals surface area contributed by atoms with E-state index >= 15 is 0 Å². The molecule has 0 saturated carbocycles. The molecular weight excluding hydrogens is 294 g/mol. The number of hydrogen-bond acceptors (Lipinski definition) is 3. The number of hydrogen-bond donors (Lipinski definition) is 0. The first-order chi connectivity index (χ1) is 10.4. The van der Waals surface area contributed by atoms with Crippen LogP contribution in [0.5, 0.6) is 0 Å². The Morgan fingerprint density at radius 3 is 2.24 bits per heavy atom. The van der Waals surface area contributed by atoms with Gasteiger partial charge in [0.05, 0.1) is 0 Å². The average Bonchev–Trinajstić information content (AvgIpc) is 3.22. The molecule has 1 aliphatic heterocycles. The minimum atomic E-state index is 1.18. The Morgan fingerprint density at radius 1 is 1.00 bits per heavy atom. The molecule has 1 aliphatic rings. The van der Waals surface area contributed by atoms with Crippen LogP contribution in [0.4, 0.5) is 0 Å². The third-order valence-electron chi connectivity index (χ3n) is 4.14. The van der Waals surface area contributed by atoms with Crippen LogP contribution in [0.3, 0.4) is 0 Å². The molecule has 1 fully saturated rings. The van der Waals surface area contributed by atoms with Crippen molar-refractivity contribution in [3.63, 3.8) is 0 Å². The van der Waals surface area contributed by atoms with Gasteiger partial charge in [0, 0.05) is 0 Å². The van der Waals surface area contributed by atoms with Crippen molar-refractivity contribution in [2.75, 3.05) is 19.6 Å². The first-order valence-corrected chi connectivity index (χ1v) is 9.80. The first kappa shape index (κ1) is 15.0. The second-order valence-electron chi connectivity index (χ2n) is 5.69. The molecule has 21 heavy (non-hydrogen) atoms. The summed E-state index contributed by atoms with van der Waals surface area (Å²) in [7, 11) is 0. The van der Waals surface area contributed by atoms with Crippen molar-refractivity contribution in [3.05, 3.63) is 50.9 Å². The standard InChI is InChI=1S/C18H23NS2/c1-3-9-19(10-4-1)11-5-2-6-18(16-7-12-20-14-16)17-8-13-21-15-17/h6-8,12-15H,1-5,9-11H2. The molecule has 0 radical (unpaired) electrons. The lowest BCUT2D eigenvalue weighted by Gasteiger charge is -2.26. The van der Waals surface area contributed by atoms with Crippen LogP contribution in [-0.2, 0) is 0 Å². The highest BCUT2D eigenvalue weighted by molar-refractivity contribution is 7.08. The van der Waals surface area contributed by atoms with Crippen LogP contribution in [0, 0.1) is 0 Å². The molecule has 2 aromatic heterocycles. The van der Waals surface area contributed by atoms with Crippen LogP contribution in [0.2, 0.25) is 0 Å². The summed E-state index contributed by atoms with van der Waals surface area (Å²) in [6.07, 6.45) is 9.11. The van der Waals surface area contributed by atoms with Gasteiger partial charge in [-0.1, -0.05) is 12.5 Å². The molecule has 112 valence electrons. The van der Waals surface area contributed by atoms with E-state index in [9.17, 15) is 0 Å². The molecule has 1 saturated heterocycles. The van der Waals surface area contributed by atoms with Crippen molar-refractivity contribution in [2.24, 2.45) is 0 Å². The number of piperidine rings is 1. The normalized spacial score (nSPS) is 16.0. The summed E-state index contributed by atoms with van der Waals surface area (Å²) in [5.74, 6) is 0. The molecule has 0 N–H and O–H groups in total. The molecule has 0 aromatic carbocycles. The van der Waals surface area contributed by atoms with Crippen LogP contribution >= 0.6 is 22.7 Å². The van der Waals surface area contributed by atoms with Gasteiger partial charge in [0.15, 0.2) is 0 Å². The summed E-state index contributed by atoms with van der Waals surface area (Å²) in [6, 6.07) is 4.47. The zero-order valence-electron chi connectivity index (χ0n) is 12.5. The van der Waals surface area contributed by atoms with Gasteiger partial charge in [0.25, 0.3) is 0 Å². The maximum absolute atomic E-state index is 2.63. The van der Waals surface area contributed by atoms with E-state index in [0.29, 0.717) is 0 Å². The van der Waals surface area contributed by atoms with Crippen molar-refractivity contribution in [3.8, 4) is 0 Å². The van der Waals surface area contributed by atoms with Gasteiger partial charge in [-0.15, -0.1) is 0 Å². The zero-order valence-corrected chi connectivity index (χ0v) is 14.1. The highest BCUT2D eigenvalue weighted by Crippen LogP contribution is 2.27. The van der Waals surface area contributed by atoms with E-state index in [4.69, 9.17) is 0 Å². The van der Waals surface area contributed by atoms with Gasteiger partial charge in [-0.3, -0.25) is 0 Å². The number of likely N-dealkylation sites (tertiary alicyclic amines) is 1. The Hall–Kier alpha value is -0.900. The van der Waals surface area contributed by atoms with Crippen LogP contribution in [-0.4, -0.2) is 24.5 Å². The highest BCUT2D eigenvalue weighted by Gasteiger charge is 2.09. The second-order valence-corrected chi connectivity index (χ2v) is 7.25. The van der Waals surface area contributed by atoms with Gasteiger partial charge in [-0.05, 0) is 95.7 Å². The average molecular weight is 318 g/mol. The third-order valence-corrected chi connectivity index (χ3v) is 5.51. The van der Waals surface area contributed by atoms with Gasteiger partial charge in [-0.25, -0.2) is 0 Å². The number of rotatable bonds is 6. The Bertz CT molecular complexity index is 498. The van der Waals surface area contributed by atoms with Gasteiger partial charge in [0.2, 0.25) is 0 Å². The van der Waals surface area contributed by atoms with Crippen LogP contribution in [0.25, 0.3) is 5.57 Å². The highest BCUT2D eigenvalue weighted by atomic mass is 32.1. The summed E-state index contributed by atoms with van der Waals surface area (Å²) in [4.78, 5) is 2.63. The smallest absolute Gasteiger partial charge is 0.00146 e. The fourth-order valence-corrected chi connectivity index (χ4v) is 4.29. The predicted molar refractivity (Wildman–Crippen MR) is 95.2 cm³/mol. The lowest BCUT2D eigenvalue weighted by molar-refractivity contribution is 0.227. The molecule has 0 unspecified atom stereocenters. The van der Waals surface area contributed by atoms with E-state index in [2.05, 4.69) is 44.6 Å². The third kappa shape index (κ3) is 4.29. The number of unbranched alkanes of at least 4 members (excludes halogenated alkanes) is 1. The topological polar surface area (TPSA) is 3.24 Å². The van der Waals surface area contributed by atoms with Gasteiger partial charge in [0.1, 0.15) is 0 Å². The molecule has 0 atom stereocenters. The van der Waals surface area contributed by atoms with Gasteiger partial charge < -0.3 is 4.90 Å². The maximum atomic E-state index is 2.63. The monoisotopic (exact) mass is 317 g/mol. The molecule has 0 bridgehead atoms. The number of thiophene rings is 2. The maximum Gasteiger partial charge on any atom is -0.00146 e. The van der Waals surface area contributed by atoms with Crippen molar-refractivity contribution >= 4 is 28.2 Å². The summed E-state index contributed by atoms with van der Waals surface area (Å²) in [5, 5.41) is 8.86.